The van der Waals surface area contributed by atoms with Crippen LogP contribution in [0.5, 0.6) is 17.2 Å². The van der Waals surface area contributed by atoms with E-state index in [1.54, 1.807) is 0 Å². The molecule has 1 aliphatic rings. The lowest BCUT2D eigenvalue weighted by molar-refractivity contribution is -0.127. The summed E-state index contributed by atoms with van der Waals surface area (Å²) in [6, 6.07) is 7.61. The van der Waals surface area contributed by atoms with E-state index in [1.165, 1.54) is 56.7 Å². The summed E-state index contributed by atoms with van der Waals surface area (Å²) < 4.78 is 23.8. The fraction of sp³-hybridized carbons (Fsp3) is 0.150. The van der Waals surface area contributed by atoms with Crippen LogP contribution in [-0.4, -0.2) is 48.6 Å². The zero-order valence-electron chi connectivity index (χ0n) is 16.1. The number of phenolic OH excluding ortho intramolecular Hbond substituents is 1. The summed E-state index contributed by atoms with van der Waals surface area (Å²) in [5.74, 6) is -2.11. The van der Waals surface area contributed by atoms with E-state index in [-0.39, 0.29) is 28.6 Å². The maximum atomic E-state index is 13.7. The van der Waals surface area contributed by atoms with Gasteiger partial charge >= 0.3 is 6.03 Å². The Bertz CT molecular complexity index is 1030. The number of rotatable bonds is 6. The standard InChI is InChI=1S/C20H18FN3O6/c1-29-15-8-11(9-16(30-2)18(15)26)7-14-19(27)24(20(28)23-14)10-17(25)22-13-6-4-3-5-12(13)21/h3-9,26H,10H2,1-2H3,(H,22,25)(H,23,28)/b14-7+. The smallest absolute Gasteiger partial charge is 0.329 e. The van der Waals surface area contributed by atoms with Crippen molar-refractivity contribution in [2.24, 2.45) is 0 Å². The number of carbonyl (C=O) groups is 3. The van der Waals surface area contributed by atoms with Crippen molar-refractivity contribution in [1.82, 2.24) is 10.2 Å². The molecule has 156 valence electrons. The highest BCUT2D eigenvalue weighted by Gasteiger charge is 2.35. The molecule has 1 fully saturated rings. The molecule has 3 N–H and O–H groups in total. The van der Waals surface area contributed by atoms with Crippen molar-refractivity contribution in [3.8, 4) is 17.2 Å². The molecule has 0 aliphatic carbocycles. The van der Waals surface area contributed by atoms with Gasteiger partial charge in [-0.25, -0.2) is 14.1 Å². The van der Waals surface area contributed by atoms with Crippen LogP contribution < -0.4 is 20.1 Å². The van der Waals surface area contributed by atoms with Gasteiger partial charge in [0.15, 0.2) is 11.5 Å². The minimum Gasteiger partial charge on any atom is -0.502 e. The number of anilines is 1. The van der Waals surface area contributed by atoms with Crippen LogP contribution in [0.2, 0.25) is 0 Å². The van der Waals surface area contributed by atoms with Gasteiger partial charge in [0.25, 0.3) is 5.91 Å². The first-order chi connectivity index (χ1) is 14.3. The van der Waals surface area contributed by atoms with Gasteiger partial charge in [-0.15, -0.1) is 0 Å². The minimum absolute atomic E-state index is 0.0615. The number of benzene rings is 2. The molecule has 0 radical (unpaired) electrons. The fourth-order valence-electron chi connectivity index (χ4n) is 2.77. The Balaban J connectivity index is 1.78. The fourth-order valence-corrected chi connectivity index (χ4v) is 2.77. The summed E-state index contributed by atoms with van der Waals surface area (Å²) in [5, 5.41) is 14.6. The predicted octanol–water partition coefficient (Wildman–Crippen LogP) is 2.08. The Kier molecular flexibility index (Phi) is 5.86. The van der Waals surface area contributed by atoms with Crippen LogP contribution in [0.1, 0.15) is 5.56 Å². The van der Waals surface area contributed by atoms with E-state index in [0.29, 0.717) is 10.5 Å². The first-order valence-corrected chi connectivity index (χ1v) is 8.68. The Morgan fingerprint density at radius 2 is 1.83 bits per heavy atom. The molecule has 0 atom stereocenters. The van der Waals surface area contributed by atoms with Gasteiger partial charge in [0.2, 0.25) is 11.7 Å². The van der Waals surface area contributed by atoms with E-state index >= 15 is 0 Å². The summed E-state index contributed by atoms with van der Waals surface area (Å²) in [5.41, 5.74) is 0.255. The van der Waals surface area contributed by atoms with Gasteiger partial charge in [0.05, 0.1) is 19.9 Å². The predicted molar refractivity (Wildman–Crippen MR) is 104 cm³/mol. The number of methoxy groups -OCH3 is 2. The van der Waals surface area contributed by atoms with Crippen LogP contribution in [-0.2, 0) is 9.59 Å². The second-order valence-corrected chi connectivity index (χ2v) is 6.18. The lowest BCUT2D eigenvalue weighted by Crippen LogP contribution is -2.38. The highest BCUT2D eigenvalue weighted by Crippen LogP contribution is 2.37. The van der Waals surface area contributed by atoms with Gasteiger partial charge in [0, 0.05) is 0 Å². The number of hydrogen-bond donors (Lipinski definition) is 3. The maximum absolute atomic E-state index is 13.7. The Morgan fingerprint density at radius 1 is 1.20 bits per heavy atom. The molecule has 1 heterocycles. The van der Waals surface area contributed by atoms with Crippen molar-refractivity contribution in [3.05, 3.63) is 53.5 Å². The first kappa shape index (κ1) is 20.6. The number of aromatic hydroxyl groups is 1. The van der Waals surface area contributed by atoms with Gasteiger partial charge in [-0.1, -0.05) is 12.1 Å². The molecule has 2 aromatic rings. The number of phenols is 1. The monoisotopic (exact) mass is 415 g/mol. The molecule has 0 bridgehead atoms. The highest BCUT2D eigenvalue weighted by atomic mass is 19.1. The largest absolute Gasteiger partial charge is 0.502 e. The number of nitrogens with one attached hydrogen (secondary N) is 2. The Morgan fingerprint density at radius 3 is 2.43 bits per heavy atom. The van der Waals surface area contributed by atoms with Gasteiger partial charge < -0.3 is 25.2 Å². The minimum atomic E-state index is -0.798. The molecule has 0 saturated carbocycles. The number of hydrogen-bond acceptors (Lipinski definition) is 6. The van der Waals surface area contributed by atoms with Crippen molar-refractivity contribution >= 4 is 29.6 Å². The summed E-state index contributed by atoms with van der Waals surface area (Å²) in [7, 11) is 2.70. The van der Waals surface area contributed by atoms with Crippen molar-refractivity contribution in [2.75, 3.05) is 26.1 Å². The molecule has 30 heavy (non-hydrogen) atoms. The molecular formula is C20H18FN3O6. The number of carbonyl (C=O) groups excluding carboxylic acids is 3. The summed E-state index contributed by atoms with van der Waals surface area (Å²) >= 11 is 0. The van der Waals surface area contributed by atoms with E-state index in [4.69, 9.17) is 9.47 Å². The van der Waals surface area contributed by atoms with Gasteiger partial charge in [-0.05, 0) is 35.9 Å². The van der Waals surface area contributed by atoms with Crippen LogP contribution in [0.15, 0.2) is 42.1 Å². The molecule has 2 aromatic carbocycles. The quantitative estimate of drug-likeness (QED) is 0.491. The van der Waals surface area contributed by atoms with E-state index in [1.807, 2.05) is 0 Å². The number of halogens is 1. The van der Waals surface area contributed by atoms with Gasteiger partial charge in [0.1, 0.15) is 18.1 Å². The molecule has 0 aromatic heterocycles. The lowest BCUT2D eigenvalue weighted by atomic mass is 10.1. The zero-order valence-corrected chi connectivity index (χ0v) is 16.1. The van der Waals surface area contributed by atoms with E-state index in [0.717, 1.165) is 0 Å². The lowest BCUT2D eigenvalue weighted by Gasteiger charge is -2.12. The van der Waals surface area contributed by atoms with Crippen LogP contribution in [0.3, 0.4) is 0 Å². The third-order valence-corrected chi connectivity index (χ3v) is 4.23. The van der Waals surface area contributed by atoms with Crippen LogP contribution in [0.25, 0.3) is 6.08 Å². The highest BCUT2D eigenvalue weighted by molar-refractivity contribution is 6.16. The molecule has 0 unspecified atom stereocenters. The van der Waals surface area contributed by atoms with E-state index < -0.39 is 30.2 Å². The number of amides is 4. The SMILES string of the molecule is COc1cc(/C=C2/NC(=O)N(CC(=O)Nc3ccccc3F)C2=O)cc(OC)c1O. The molecule has 0 spiro atoms. The van der Waals surface area contributed by atoms with Gasteiger partial charge in [-0.2, -0.15) is 0 Å². The molecule has 9 nitrogen and oxygen atoms in total. The second kappa shape index (κ2) is 8.52. The van der Waals surface area contributed by atoms with Crippen molar-refractivity contribution in [3.63, 3.8) is 0 Å². The number of para-hydroxylation sites is 1. The number of ether oxygens (including phenoxy) is 2. The average Bonchev–Trinajstić information content (AvgIpc) is 2.98. The summed E-state index contributed by atoms with van der Waals surface area (Å²) in [4.78, 5) is 37.6. The molecule has 3 rings (SSSR count). The molecule has 1 aliphatic heterocycles. The van der Waals surface area contributed by atoms with Crippen LogP contribution >= 0.6 is 0 Å². The van der Waals surface area contributed by atoms with Crippen molar-refractivity contribution < 1.29 is 33.4 Å². The van der Waals surface area contributed by atoms with E-state index in [2.05, 4.69) is 10.6 Å². The number of imide groups is 1. The van der Waals surface area contributed by atoms with E-state index in [9.17, 15) is 23.9 Å². The second-order valence-electron chi connectivity index (χ2n) is 6.18. The number of nitrogens with zero attached hydrogens (tertiary/aromatic N) is 1. The molecular weight excluding hydrogens is 397 g/mol. The maximum Gasteiger partial charge on any atom is 0.329 e. The summed E-state index contributed by atoms with van der Waals surface area (Å²) in [6.45, 7) is -0.599. The topological polar surface area (TPSA) is 117 Å². The van der Waals surface area contributed by atoms with Crippen molar-refractivity contribution in [2.45, 2.75) is 0 Å². The molecule has 10 heteroatoms. The third-order valence-electron chi connectivity index (χ3n) is 4.23. The van der Waals surface area contributed by atoms with Crippen LogP contribution in [0, 0.1) is 5.82 Å². The van der Waals surface area contributed by atoms with Gasteiger partial charge in [-0.3, -0.25) is 9.59 Å². The molecule has 1 saturated heterocycles. The average molecular weight is 415 g/mol. The normalized spacial score (nSPS) is 14.6. The third kappa shape index (κ3) is 4.17. The first-order valence-electron chi connectivity index (χ1n) is 8.68. The number of urea groups is 1. The van der Waals surface area contributed by atoms with Crippen LogP contribution in [0.4, 0.5) is 14.9 Å². The molecule has 4 amide bonds. The Hall–Kier alpha value is -4.08. The Labute approximate surface area is 170 Å². The zero-order chi connectivity index (χ0) is 21.8. The summed E-state index contributed by atoms with van der Waals surface area (Å²) in [6.07, 6.45) is 1.35. The van der Waals surface area contributed by atoms with Crippen molar-refractivity contribution in [1.29, 1.82) is 0 Å².